The lowest BCUT2D eigenvalue weighted by molar-refractivity contribution is -0.115. The molecule has 0 spiro atoms. The molecule has 0 bridgehead atoms. The molecule has 0 saturated carbocycles. The Morgan fingerprint density at radius 2 is 1.76 bits per heavy atom. The van der Waals surface area contributed by atoms with Crippen LogP contribution in [0.1, 0.15) is 15.9 Å². The van der Waals surface area contributed by atoms with Crippen LogP contribution >= 0.6 is 12.2 Å². The number of carbonyl (C=O) groups excluding carboxylic acids is 2. The molecule has 1 heterocycles. The monoisotopic (exact) mass is 413 g/mol. The zero-order valence-electron chi connectivity index (χ0n) is 15.6. The molecule has 0 atom stereocenters. The van der Waals surface area contributed by atoms with Crippen molar-refractivity contribution in [2.24, 2.45) is 0 Å². The highest BCUT2D eigenvalue weighted by Gasteiger charge is 2.21. The standard InChI is InChI=1S/C21H20FN3O3S/c22-16-8-5-15(6-9-16)7-10-19(26)24-21(29)23-18-4-2-1-3-17(18)20(27)25-11-13-28-14-12-25/h1-10H,11-14H2,(H2,23,24,26,29). The molecule has 0 aromatic heterocycles. The molecule has 6 nitrogen and oxygen atoms in total. The van der Waals surface area contributed by atoms with Crippen LogP contribution in [0.5, 0.6) is 0 Å². The fourth-order valence-electron chi connectivity index (χ4n) is 2.77. The molecule has 2 aromatic rings. The van der Waals surface area contributed by atoms with Crippen LogP contribution in [0.2, 0.25) is 0 Å². The van der Waals surface area contributed by atoms with Gasteiger partial charge in [0.25, 0.3) is 5.91 Å². The second-order valence-electron chi connectivity index (χ2n) is 6.28. The lowest BCUT2D eigenvalue weighted by Gasteiger charge is -2.27. The summed E-state index contributed by atoms with van der Waals surface area (Å²) in [6.45, 7) is 2.08. The third kappa shape index (κ3) is 5.94. The van der Waals surface area contributed by atoms with Crippen LogP contribution in [0.25, 0.3) is 6.08 Å². The van der Waals surface area contributed by atoms with Gasteiger partial charge in [0.05, 0.1) is 24.5 Å². The first-order chi connectivity index (χ1) is 14.0. The van der Waals surface area contributed by atoms with Crippen molar-refractivity contribution in [1.82, 2.24) is 10.2 Å². The van der Waals surface area contributed by atoms with E-state index in [0.717, 1.165) is 0 Å². The number of benzene rings is 2. The number of hydrogen-bond donors (Lipinski definition) is 2. The number of para-hydroxylation sites is 1. The molecule has 0 aliphatic carbocycles. The molecule has 1 saturated heterocycles. The number of carbonyl (C=O) groups is 2. The highest BCUT2D eigenvalue weighted by atomic mass is 32.1. The maximum absolute atomic E-state index is 12.9. The van der Waals surface area contributed by atoms with E-state index in [-0.39, 0.29) is 16.8 Å². The van der Waals surface area contributed by atoms with E-state index in [2.05, 4.69) is 10.6 Å². The first kappa shape index (κ1) is 20.6. The van der Waals surface area contributed by atoms with Crippen molar-refractivity contribution in [2.75, 3.05) is 31.6 Å². The number of nitrogens with one attached hydrogen (secondary N) is 2. The zero-order valence-corrected chi connectivity index (χ0v) is 16.4. The fourth-order valence-corrected chi connectivity index (χ4v) is 2.98. The normalized spacial score (nSPS) is 13.9. The van der Waals surface area contributed by atoms with Crippen LogP contribution in [0.3, 0.4) is 0 Å². The van der Waals surface area contributed by atoms with Gasteiger partial charge in [-0.05, 0) is 48.1 Å². The average Bonchev–Trinajstić information content (AvgIpc) is 2.74. The summed E-state index contributed by atoms with van der Waals surface area (Å²) >= 11 is 5.19. The molecular formula is C21H20FN3O3S. The molecule has 2 amide bonds. The van der Waals surface area contributed by atoms with Crippen molar-refractivity contribution in [1.29, 1.82) is 0 Å². The van der Waals surface area contributed by atoms with Gasteiger partial charge in [-0.15, -0.1) is 0 Å². The Kier molecular flexibility index (Phi) is 7.04. The van der Waals surface area contributed by atoms with E-state index in [1.807, 2.05) is 0 Å². The van der Waals surface area contributed by atoms with E-state index < -0.39 is 5.91 Å². The fraction of sp³-hybridized carbons (Fsp3) is 0.190. The molecule has 0 unspecified atom stereocenters. The molecule has 1 fully saturated rings. The van der Waals surface area contributed by atoms with Gasteiger partial charge >= 0.3 is 0 Å². The summed E-state index contributed by atoms with van der Waals surface area (Å²) in [5.74, 6) is -0.909. The summed E-state index contributed by atoms with van der Waals surface area (Å²) in [7, 11) is 0. The smallest absolute Gasteiger partial charge is 0.256 e. The van der Waals surface area contributed by atoms with Gasteiger partial charge in [0.1, 0.15) is 5.82 Å². The number of morpholine rings is 1. The number of hydrogen-bond acceptors (Lipinski definition) is 4. The Bertz CT molecular complexity index is 925. The highest BCUT2D eigenvalue weighted by Crippen LogP contribution is 2.18. The van der Waals surface area contributed by atoms with Gasteiger partial charge in [-0.25, -0.2) is 4.39 Å². The van der Waals surface area contributed by atoms with Crippen LogP contribution in [-0.4, -0.2) is 48.1 Å². The minimum Gasteiger partial charge on any atom is -0.378 e. The molecule has 1 aliphatic rings. The van der Waals surface area contributed by atoms with Gasteiger partial charge in [-0.3, -0.25) is 14.9 Å². The molecule has 150 valence electrons. The maximum atomic E-state index is 12.9. The summed E-state index contributed by atoms with van der Waals surface area (Å²) in [4.78, 5) is 26.6. The van der Waals surface area contributed by atoms with Crippen molar-refractivity contribution in [2.45, 2.75) is 0 Å². The van der Waals surface area contributed by atoms with Gasteiger partial charge in [0, 0.05) is 19.2 Å². The van der Waals surface area contributed by atoms with E-state index in [1.165, 1.54) is 18.2 Å². The molecule has 0 radical (unpaired) electrons. The van der Waals surface area contributed by atoms with Crippen molar-refractivity contribution >= 4 is 40.9 Å². The van der Waals surface area contributed by atoms with Crippen LogP contribution in [0.15, 0.2) is 54.6 Å². The Morgan fingerprint density at radius 1 is 1.07 bits per heavy atom. The lowest BCUT2D eigenvalue weighted by Crippen LogP contribution is -2.41. The zero-order chi connectivity index (χ0) is 20.6. The van der Waals surface area contributed by atoms with E-state index >= 15 is 0 Å². The summed E-state index contributed by atoms with van der Waals surface area (Å²) in [6.07, 6.45) is 2.85. The second kappa shape index (κ2) is 9.90. The average molecular weight is 413 g/mol. The predicted molar refractivity (Wildman–Crippen MR) is 113 cm³/mol. The summed E-state index contributed by atoms with van der Waals surface area (Å²) < 4.78 is 18.2. The minimum absolute atomic E-state index is 0.0704. The topological polar surface area (TPSA) is 70.7 Å². The Labute approximate surface area is 173 Å². The third-order valence-corrected chi connectivity index (χ3v) is 4.44. The summed E-state index contributed by atoms with van der Waals surface area (Å²) in [5.41, 5.74) is 1.66. The van der Waals surface area contributed by atoms with Gasteiger partial charge in [-0.1, -0.05) is 24.3 Å². The number of amides is 2. The minimum atomic E-state index is -0.441. The number of anilines is 1. The number of thiocarbonyl (C=S) groups is 1. The number of nitrogens with zero attached hydrogens (tertiary/aromatic N) is 1. The molecule has 8 heteroatoms. The van der Waals surface area contributed by atoms with Gasteiger partial charge in [0.15, 0.2) is 5.11 Å². The van der Waals surface area contributed by atoms with Crippen molar-refractivity contribution < 1.29 is 18.7 Å². The molecular weight excluding hydrogens is 393 g/mol. The van der Waals surface area contributed by atoms with Crippen molar-refractivity contribution in [3.63, 3.8) is 0 Å². The van der Waals surface area contributed by atoms with Gasteiger partial charge < -0.3 is 15.0 Å². The number of halogens is 1. The van der Waals surface area contributed by atoms with E-state index in [9.17, 15) is 14.0 Å². The molecule has 2 aromatic carbocycles. The van der Waals surface area contributed by atoms with Crippen molar-refractivity contribution in [3.8, 4) is 0 Å². The molecule has 29 heavy (non-hydrogen) atoms. The number of ether oxygens (including phenoxy) is 1. The summed E-state index contributed by atoms with van der Waals surface area (Å²) in [6, 6.07) is 12.7. The maximum Gasteiger partial charge on any atom is 0.256 e. The third-order valence-electron chi connectivity index (χ3n) is 4.24. The van der Waals surface area contributed by atoms with Gasteiger partial charge in [-0.2, -0.15) is 0 Å². The molecule has 3 rings (SSSR count). The Morgan fingerprint density at radius 3 is 2.48 bits per heavy atom. The molecule has 2 N–H and O–H groups in total. The van der Waals surface area contributed by atoms with E-state index in [4.69, 9.17) is 17.0 Å². The largest absolute Gasteiger partial charge is 0.378 e. The summed E-state index contributed by atoms with van der Waals surface area (Å²) in [5, 5.41) is 5.51. The van der Waals surface area contributed by atoms with Crippen LogP contribution < -0.4 is 10.6 Å². The highest BCUT2D eigenvalue weighted by molar-refractivity contribution is 7.80. The first-order valence-electron chi connectivity index (χ1n) is 9.04. The van der Waals surface area contributed by atoms with Gasteiger partial charge in [0.2, 0.25) is 5.91 Å². The lowest BCUT2D eigenvalue weighted by atomic mass is 10.1. The van der Waals surface area contributed by atoms with E-state index in [0.29, 0.717) is 43.1 Å². The van der Waals surface area contributed by atoms with E-state index in [1.54, 1.807) is 47.4 Å². The van der Waals surface area contributed by atoms with Crippen molar-refractivity contribution in [3.05, 3.63) is 71.6 Å². The quantitative estimate of drug-likeness (QED) is 0.596. The second-order valence-corrected chi connectivity index (χ2v) is 6.69. The first-order valence-corrected chi connectivity index (χ1v) is 9.45. The Balaban J connectivity index is 1.61. The Hall–Kier alpha value is -3.10. The number of rotatable bonds is 4. The van der Waals surface area contributed by atoms with Crippen LogP contribution in [-0.2, 0) is 9.53 Å². The molecule has 1 aliphatic heterocycles. The SMILES string of the molecule is O=C(C=Cc1ccc(F)cc1)NC(=S)Nc1ccccc1C(=O)N1CCOCC1. The van der Waals surface area contributed by atoms with Crippen LogP contribution in [0.4, 0.5) is 10.1 Å². The predicted octanol–water partition coefficient (Wildman–Crippen LogP) is 2.82. The van der Waals surface area contributed by atoms with Crippen LogP contribution in [0, 0.1) is 5.82 Å².